The summed E-state index contributed by atoms with van der Waals surface area (Å²) in [5, 5.41) is 0.509. The van der Waals surface area contributed by atoms with Crippen LogP contribution in [0.25, 0.3) is 5.69 Å². The van der Waals surface area contributed by atoms with Crippen molar-refractivity contribution >= 4 is 45.6 Å². The maximum absolute atomic E-state index is 13.2. The second kappa shape index (κ2) is 6.95. The van der Waals surface area contributed by atoms with E-state index in [1.807, 2.05) is 49.1 Å². The van der Waals surface area contributed by atoms with Crippen molar-refractivity contribution < 1.29 is 4.52 Å². The highest BCUT2D eigenvalue weighted by atomic mass is 35.5. The molecule has 144 valence electrons. The number of anilines is 1. The van der Waals surface area contributed by atoms with Crippen LogP contribution in [0.1, 0.15) is 20.0 Å². The minimum absolute atomic E-state index is 0.388. The van der Waals surface area contributed by atoms with Gasteiger partial charge in [0.1, 0.15) is 4.32 Å². The molecule has 3 aromatic rings. The third-order valence-electron chi connectivity index (χ3n) is 4.49. The lowest BCUT2D eigenvalue weighted by Crippen LogP contribution is -2.42. The van der Waals surface area contributed by atoms with Gasteiger partial charge in [-0.05, 0) is 50.2 Å². The summed E-state index contributed by atoms with van der Waals surface area (Å²) in [5.41, 5.74) is 0.639. The van der Waals surface area contributed by atoms with Crippen LogP contribution in [0.3, 0.4) is 0 Å². The van der Waals surface area contributed by atoms with E-state index in [4.69, 9.17) is 28.3 Å². The molecular formula is C19H16ClN3O3S2. The van der Waals surface area contributed by atoms with Crippen molar-refractivity contribution in [3.05, 3.63) is 80.7 Å². The first kappa shape index (κ1) is 19.0. The zero-order chi connectivity index (χ0) is 20.1. The number of halogens is 1. The van der Waals surface area contributed by atoms with Crippen LogP contribution < -0.4 is 16.3 Å². The molecule has 0 saturated carbocycles. The zero-order valence-electron chi connectivity index (χ0n) is 15.0. The molecule has 0 bridgehead atoms. The Kier molecular flexibility index (Phi) is 4.73. The van der Waals surface area contributed by atoms with Crippen LogP contribution in [0.5, 0.6) is 0 Å². The molecule has 1 fully saturated rings. The molecule has 9 heteroatoms. The van der Waals surface area contributed by atoms with Gasteiger partial charge in [0.25, 0.3) is 0 Å². The third kappa shape index (κ3) is 3.11. The van der Waals surface area contributed by atoms with E-state index < -0.39 is 22.4 Å². The molecule has 4 rings (SSSR count). The second-order valence-corrected chi connectivity index (χ2v) is 9.55. The number of para-hydroxylation sites is 1. The molecule has 28 heavy (non-hydrogen) atoms. The van der Waals surface area contributed by atoms with Crippen molar-refractivity contribution in [1.82, 2.24) is 9.31 Å². The zero-order valence-corrected chi connectivity index (χ0v) is 17.4. The fraction of sp³-hybridized carbons (Fsp3) is 0.211. The molecular weight excluding hydrogens is 418 g/mol. The molecule has 1 aliphatic heterocycles. The van der Waals surface area contributed by atoms with Crippen molar-refractivity contribution in [1.29, 1.82) is 0 Å². The highest BCUT2D eigenvalue weighted by Gasteiger charge is 2.49. The summed E-state index contributed by atoms with van der Waals surface area (Å²) in [6, 6.07) is 15.9. The molecule has 2 heterocycles. The molecule has 0 spiro atoms. The number of hydrogen-bond acceptors (Lipinski definition) is 5. The largest absolute Gasteiger partial charge is 0.447 e. The topological polar surface area (TPSA) is 60.4 Å². The van der Waals surface area contributed by atoms with Gasteiger partial charge in [0.2, 0.25) is 0 Å². The Balaban J connectivity index is 1.88. The standard InChI is InChI=1S/C19H16ClN3O3S2/c1-19(2)15(21(18(27)28-19)13-6-4-3-5-7-13)23-16(24)22(17(25)26-23)14-10-8-12(20)9-11-14/h3-11,15H,1-2H3/t15-/m0/s1. The minimum Gasteiger partial charge on any atom is -0.314 e. The minimum atomic E-state index is -0.765. The first-order valence-corrected chi connectivity index (χ1v) is 10.1. The van der Waals surface area contributed by atoms with Gasteiger partial charge in [-0.1, -0.05) is 53.8 Å². The number of benzene rings is 2. The molecule has 0 N–H and O–H groups in total. The van der Waals surface area contributed by atoms with E-state index in [1.54, 1.807) is 24.3 Å². The lowest BCUT2D eigenvalue weighted by Gasteiger charge is -2.30. The summed E-state index contributed by atoms with van der Waals surface area (Å²) in [6.07, 6.45) is -0.596. The van der Waals surface area contributed by atoms with Crippen LogP contribution in [0, 0.1) is 0 Å². The van der Waals surface area contributed by atoms with E-state index in [1.165, 1.54) is 11.8 Å². The Hall–Kier alpha value is -2.29. The SMILES string of the molecule is CC1(C)SC(=S)N(c2ccccc2)[C@H]1n1oc(=O)n(-c2ccc(Cl)cc2)c1=O. The van der Waals surface area contributed by atoms with Gasteiger partial charge >= 0.3 is 11.4 Å². The van der Waals surface area contributed by atoms with E-state index in [0.717, 1.165) is 15.0 Å². The third-order valence-corrected chi connectivity index (χ3v) is 6.30. The van der Waals surface area contributed by atoms with E-state index in [0.29, 0.717) is 15.0 Å². The molecule has 0 unspecified atom stereocenters. The van der Waals surface area contributed by atoms with Crippen molar-refractivity contribution in [3.8, 4) is 5.69 Å². The lowest BCUT2D eigenvalue weighted by atomic mass is 10.1. The molecule has 1 saturated heterocycles. The number of rotatable bonds is 3. The predicted octanol–water partition coefficient (Wildman–Crippen LogP) is 4.06. The molecule has 0 aliphatic carbocycles. The van der Waals surface area contributed by atoms with Crippen LogP contribution in [-0.2, 0) is 0 Å². The molecule has 1 atom stereocenters. The number of hydrogen-bond donors (Lipinski definition) is 0. The van der Waals surface area contributed by atoms with Gasteiger partial charge in [-0.3, -0.25) is 0 Å². The fourth-order valence-electron chi connectivity index (χ4n) is 3.26. The average Bonchev–Trinajstić information content (AvgIpc) is 3.07. The van der Waals surface area contributed by atoms with Gasteiger partial charge < -0.3 is 9.42 Å². The van der Waals surface area contributed by atoms with Gasteiger partial charge in [-0.25, -0.2) is 9.59 Å². The number of thiocarbonyl (C=S) groups is 1. The van der Waals surface area contributed by atoms with Gasteiger partial charge in [-0.15, -0.1) is 4.74 Å². The number of nitrogens with zero attached hydrogens (tertiary/aromatic N) is 3. The lowest BCUT2D eigenvalue weighted by molar-refractivity contribution is 0.182. The number of thioether (sulfide) groups is 1. The van der Waals surface area contributed by atoms with E-state index in [-0.39, 0.29) is 0 Å². The summed E-state index contributed by atoms with van der Waals surface area (Å²) in [5.74, 6) is -0.765. The Morgan fingerprint density at radius 1 is 1.04 bits per heavy atom. The van der Waals surface area contributed by atoms with Crippen LogP contribution in [0.15, 0.2) is 68.7 Å². The molecule has 2 aromatic carbocycles. The maximum atomic E-state index is 13.2. The first-order valence-electron chi connectivity index (χ1n) is 8.48. The summed E-state index contributed by atoms with van der Waals surface area (Å²) < 4.78 is 7.61. The van der Waals surface area contributed by atoms with Gasteiger partial charge in [0.15, 0.2) is 6.17 Å². The molecule has 0 amide bonds. The molecule has 0 radical (unpaired) electrons. The van der Waals surface area contributed by atoms with Crippen LogP contribution in [0.4, 0.5) is 5.69 Å². The second-order valence-electron chi connectivity index (χ2n) is 6.83. The fourth-order valence-corrected chi connectivity index (χ4v) is 5.30. The van der Waals surface area contributed by atoms with Crippen molar-refractivity contribution in [2.24, 2.45) is 0 Å². The van der Waals surface area contributed by atoms with Crippen molar-refractivity contribution in [2.75, 3.05) is 4.90 Å². The van der Waals surface area contributed by atoms with Crippen molar-refractivity contribution in [2.45, 2.75) is 24.8 Å². The van der Waals surface area contributed by atoms with Gasteiger partial charge in [0.05, 0.1) is 10.4 Å². The van der Waals surface area contributed by atoms with Crippen LogP contribution >= 0.6 is 35.6 Å². The maximum Gasteiger partial charge on any atom is 0.447 e. The van der Waals surface area contributed by atoms with Gasteiger partial charge in [-0.2, -0.15) is 4.57 Å². The average molecular weight is 434 g/mol. The molecule has 1 aromatic heterocycles. The quantitative estimate of drug-likeness (QED) is 0.580. The van der Waals surface area contributed by atoms with E-state index >= 15 is 0 Å². The molecule has 1 aliphatic rings. The smallest absolute Gasteiger partial charge is 0.314 e. The first-order chi connectivity index (χ1) is 13.3. The highest BCUT2D eigenvalue weighted by molar-refractivity contribution is 8.24. The normalized spacial score (nSPS) is 18.6. The van der Waals surface area contributed by atoms with Crippen LogP contribution in [0.2, 0.25) is 5.02 Å². The Bertz CT molecular complexity index is 1150. The number of aromatic nitrogens is 2. The summed E-state index contributed by atoms with van der Waals surface area (Å²) in [7, 11) is 0. The summed E-state index contributed by atoms with van der Waals surface area (Å²) >= 11 is 12.9. The highest BCUT2D eigenvalue weighted by Crippen LogP contribution is 2.48. The summed E-state index contributed by atoms with van der Waals surface area (Å²) in [4.78, 5) is 27.5. The Morgan fingerprint density at radius 3 is 2.32 bits per heavy atom. The monoisotopic (exact) mass is 433 g/mol. The van der Waals surface area contributed by atoms with E-state index in [9.17, 15) is 9.59 Å². The Labute approximate surface area is 175 Å². The Morgan fingerprint density at radius 2 is 1.68 bits per heavy atom. The van der Waals surface area contributed by atoms with Crippen molar-refractivity contribution in [3.63, 3.8) is 0 Å². The van der Waals surface area contributed by atoms with Crippen LogP contribution in [-0.4, -0.2) is 18.4 Å². The molecule has 6 nitrogen and oxygen atoms in total. The predicted molar refractivity (Wildman–Crippen MR) is 116 cm³/mol. The summed E-state index contributed by atoms with van der Waals surface area (Å²) in [6.45, 7) is 3.92. The van der Waals surface area contributed by atoms with Gasteiger partial charge in [0, 0.05) is 10.7 Å². The van der Waals surface area contributed by atoms with E-state index in [2.05, 4.69) is 0 Å².